The van der Waals surface area contributed by atoms with Crippen LogP contribution >= 0.6 is 15.9 Å². The molecule has 2 aromatic carbocycles. The maximum absolute atomic E-state index is 13.3. The molecule has 0 spiro atoms. The quantitative estimate of drug-likeness (QED) is 0.534. The molecule has 0 saturated heterocycles. The van der Waals surface area contributed by atoms with Crippen molar-refractivity contribution in [1.82, 2.24) is 10.6 Å². The minimum Gasteiger partial charge on any atom is -0.351 e. The molecular formula is C19H21BrFN3O4S. The molecule has 1 atom stereocenters. The van der Waals surface area contributed by atoms with E-state index in [0.29, 0.717) is 15.7 Å². The van der Waals surface area contributed by atoms with Crippen LogP contribution in [-0.4, -0.2) is 33.0 Å². The van der Waals surface area contributed by atoms with E-state index in [1.54, 1.807) is 31.2 Å². The number of halogens is 2. The number of anilines is 1. The summed E-state index contributed by atoms with van der Waals surface area (Å²) >= 11 is 3.18. The van der Waals surface area contributed by atoms with Gasteiger partial charge in [-0.1, -0.05) is 18.2 Å². The summed E-state index contributed by atoms with van der Waals surface area (Å²) in [6, 6.07) is 10.0. The summed E-state index contributed by atoms with van der Waals surface area (Å²) in [4.78, 5) is 24.3. The number of sulfonamides is 1. The van der Waals surface area contributed by atoms with Gasteiger partial charge in [-0.25, -0.2) is 12.8 Å². The van der Waals surface area contributed by atoms with Crippen molar-refractivity contribution in [3.63, 3.8) is 0 Å². The van der Waals surface area contributed by atoms with Gasteiger partial charge in [0.05, 0.1) is 23.5 Å². The van der Waals surface area contributed by atoms with E-state index in [1.807, 2.05) is 0 Å². The van der Waals surface area contributed by atoms with Crippen molar-refractivity contribution in [2.45, 2.75) is 19.4 Å². The van der Waals surface area contributed by atoms with Gasteiger partial charge in [0.1, 0.15) is 5.82 Å². The number of hydrogen-bond acceptors (Lipinski definition) is 4. The lowest BCUT2D eigenvalue weighted by Crippen LogP contribution is -2.32. The highest BCUT2D eigenvalue weighted by molar-refractivity contribution is 9.10. The van der Waals surface area contributed by atoms with Crippen LogP contribution in [-0.2, 0) is 14.8 Å². The lowest BCUT2D eigenvalue weighted by molar-refractivity contribution is -0.121. The Hall–Kier alpha value is -2.46. The van der Waals surface area contributed by atoms with Crippen molar-refractivity contribution >= 4 is 43.5 Å². The van der Waals surface area contributed by atoms with E-state index >= 15 is 0 Å². The number of carbonyl (C=O) groups is 2. The van der Waals surface area contributed by atoms with Gasteiger partial charge in [0.15, 0.2) is 0 Å². The fraction of sp³-hybridized carbons (Fsp3) is 0.263. The first kappa shape index (κ1) is 22.8. The second-order valence-electron chi connectivity index (χ2n) is 6.38. The van der Waals surface area contributed by atoms with Gasteiger partial charge in [-0.05, 0) is 52.7 Å². The Morgan fingerprint density at radius 3 is 2.55 bits per heavy atom. The van der Waals surface area contributed by atoms with E-state index in [-0.39, 0.29) is 24.4 Å². The Morgan fingerprint density at radius 2 is 1.86 bits per heavy atom. The third-order valence-corrected chi connectivity index (χ3v) is 5.19. The van der Waals surface area contributed by atoms with Crippen LogP contribution in [0.3, 0.4) is 0 Å². The molecular weight excluding hydrogens is 465 g/mol. The fourth-order valence-electron chi connectivity index (χ4n) is 2.61. The Labute approximate surface area is 177 Å². The molecule has 0 bridgehead atoms. The summed E-state index contributed by atoms with van der Waals surface area (Å²) < 4.78 is 39.2. The number of para-hydroxylation sites is 1. The van der Waals surface area contributed by atoms with Gasteiger partial charge in [0, 0.05) is 17.4 Å². The number of rotatable bonds is 8. The van der Waals surface area contributed by atoms with Gasteiger partial charge in [0.25, 0.3) is 5.91 Å². The summed E-state index contributed by atoms with van der Waals surface area (Å²) in [5, 5.41) is 5.33. The smallest absolute Gasteiger partial charge is 0.252 e. The van der Waals surface area contributed by atoms with E-state index in [1.165, 1.54) is 12.1 Å². The molecule has 2 amide bonds. The molecule has 0 radical (unpaired) electrons. The van der Waals surface area contributed by atoms with E-state index < -0.39 is 27.8 Å². The minimum atomic E-state index is -3.46. The molecule has 156 valence electrons. The average Bonchev–Trinajstić information content (AvgIpc) is 2.62. The third kappa shape index (κ3) is 7.13. The first-order chi connectivity index (χ1) is 13.6. The molecule has 0 fully saturated rings. The second-order valence-corrected chi connectivity index (χ2v) is 8.98. The molecule has 3 N–H and O–H groups in total. The molecule has 2 rings (SSSR count). The predicted octanol–water partition coefficient (Wildman–Crippen LogP) is 2.96. The average molecular weight is 486 g/mol. The molecule has 10 heteroatoms. The molecule has 0 aromatic heterocycles. The van der Waals surface area contributed by atoms with Crippen LogP contribution < -0.4 is 15.4 Å². The number of amides is 2. The van der Waals surface area contributed by atoms with Crippen LogP contribution in [0.4, 0.5) is 10.1 Å². The Morgan fingerprint density at radius 1 is 1.17 bits per heavy atom. The second kappa shape index (κ2) is 9.84. The highest BCUT2D eigenvalue weighted by Crippen LogP contribution is 2.23. The highest BCUT2D eigenvalue weighted by Gasteiger charge is 2.16. The van der Waals surface area contributed by atoms with Gasteiger partial charge in [-0.3, -0.25) is 14.3 Å². The topological polar surface area (TPSA) is 104 Å². The summed E-state index contributed by atoms with van der Waals surface area (Å²) in [5.74, 6) is -1.36. The van der Waals surface area contributed by atoms with Gasteiger partial charge < -0.3 is 10.6 Å². The summed E-state index contributed by atoms with van der Waals surface area (Å²) in [6.45, 7) is 1.78. The van der Waals surface area contributed by atoms with Crippen molar-refractivity contribution < 1.29 is 22.4 Å². The van der Waals surface area contributed by atoms with Crippen molar-refractivity contribution in [2.75, 3.05) is 17.5 Å². The van der Waals surface area contributed by atoms with Crippen molar-refractivity contribution in [1.29, 1.82) is 0 Å². The van der Waals surface area contributed by atoms with Gasteiger partial charge in [0.2, 0.25) is 15.9 Å². The zero-order valence-corrected chi connectivity index (χ0v) is 18.2. The molecule has 0 heterocycles. The van der Waals surface area contributed by atoms with Crippen molar-refractivity contribution in [2.24, 2.45) is 0 Å². The maximum Gasteiger partial charge on any atom is 0.252 e. The summed E-state index contributed by atoms with van der Waals surface area (Å²) in [5.41, 5.74) is 1.13. The molecule has 1 unspecified atom stereocenters. The molecule has 7 nitrogen and oxygen atoms in total. The molecule has 0 saturated carbocycles. The number of nitrogens with one attached hydrogen (secondary N) is 3. The van der Waals surface area contributed by atoms with Crippen molar-refractivity contribution in [3.8, 4) is 0 Å². The van der Waals surface area contributed by atoms with Crippen LogP contribution in [0.2, 0.25) is 0 Å². The predicted molar refractivity (Wildman–Crippen MR) is 113 cm³/mol. The molecule has 0 aliphatic heterocycles. The maximum atomic E-state index is 13.3. The van der Waals surface area contributed by atoms with E-state index in [0.717, 1.165) is 12.3 Å². The first-order valence-electron chi connectivity index (χ1n) is 8.66. The summed E-state index contributed by atoms with van der Waals surface area (Å²) in [6.07, 6.45) is 1.05. The molecule has 2 aromatic rings. The van der Waals surface area contributed by atoms with E-state index in [9.17, 15) is 22.4 Å². The zero-order valence-electron chi connectivity index (χ0n) is 15.8. The van der Waals surface area contributed by atoms with Crippen LogP contribution in [0, 0.1) is 5.82 Å². The number of hydrogen-bond donors (Lipinski definition) is 3. The first-order valence-corrected chi connectivity index (χ1v) is 11.3. The SMILES string of the molecule is CC(NC(=O)CCNC(=O)c1cc(F)ccc1Br)c1ccccc1NS(C)(=O)=O. The van der Waals surface area contributed by atoms with Crippen LogP contribution in [0.25, 0.3) is 0 Å². The van der Waals surface area contributed by atoms with Crippen LogP contribution in [0.15, 0.2) is 46.9 Å². The molecule has 29 heavy (non-hydrogen) atoms. The van der Waals surface area contributed by atoms with E-state index in [2.05, 4.69) is 31.3 Å². The van der Waals surface area contributed by atoms with Gasteiger partial charge in [-0.15, -0.1) is 0 Å². The Bertz CT molecular complexity index is 1010. The van der Waals surface area contributed by atoms with Crippen molar-refractivity contribution in [3.05, 3.63) is 63.9 Å². The molecule has 0 aliphatic rings. The van der Waals surface area contributed by atoms with E-state index in [4.69, 9.17) is 0 Å². The zero-order chi connectivity index (χ0) is 21.6. The normalized spacial score (nSPS) is 12.1. The Balaban J connectivity index is 1.91. The molecule has 0 aliphatic carbocycles. The fourth-order valence-corrected chi connectivity index (χ4v) is 3.63. The minimum absolute atomic E-state index is 0.00465. The highest BCUT2D eigenvalue weighted by atomic mass is 79.9. The third-order valence-electron chi connectivity index (χ3n) is 3.91. The van der Waals surface area contributed by atoms with Gasteiger partial charge >= 0.3 is 0 Å². The lowest BCUT2D eigenvalue weighted by atomic mass is 10.1. The number of carbonyl (C=O) groups excluding carboxylic acids is 2. The van der Waals surface area contributed by atoms with Gasteiger partial charge in [-0.2, -0.15) is 0 Å². The van der Waals surface area contributed by atoms with Crippen LogP contribution in [0.1, 0.15) is 35.3 Å². The largest absolute Gasteiger partial charge is 0.351 e. The lowest BCUT2D eigenvalue weighted by Gasteiger charge is -2.18. The monoisotopic (exact) mass is 485 g/mol. The standard InChI is InChI=1S/C19H21BrFN3O4S/c1-12(14-5-3-4-6-17(14)24-29(2,27)28)23-18(25)9-10-22-19(26)15-11-13(21)7-8-16(15)20/h3-8,11-12,24H,9-10H2,1-2H3,(H,22,26)(H,23,25). The van der Waals surface area contributed by atoms with Crippen LogP contribution in [0.5, 0.6) is 0 Å². The summed E-state index contributed by atoms with van der Waals surface area (Å²) in [7, 11) is -3.46. The number of benzene rings is 2. The Kier molecular flexibility index (Phi) is 7.74.